The normalized spacial score (nSPS) is 10.9. The zero-order chi connectivity index (χ0) is 24.4. The summed E-state index contributed by atoms with van der Waals surface area (Å²) in [5.74, 6) is -0.685. The quantitative estimate of drug-likeness (QED) is 0.314. The lowest BCUT2D eigenvalue weighted by atomic mass is 10.1. The highest BCUT2D eigenvalue weighted by atomic mass is 35.5. The standard InChI is InChI=1S/C27H21ClFN5O/c1-18-25(26(19-8-4-2-5-9-19)32-34(18)23-10-6-3-7-11-23)27(35)31-22-15-30-33(17-22)16-20-12-13-21(29)14-24(20)28/h2-15,17H,16H2,1H3,(H,31,35). The lowest BCUT2D eigenvalue weighted by molar-refractivity contribution is 0.102. The second-order valence-electron chi connectivity index (χ2n) is 8.04. The van der Waals surface area contributed by atoms with Crippen LogP contribution < -0.4 is 5.32 Å². The van der Waals surface area contributed by atoms with Crippen LogP contribution in [0.1, 0.15) is 21.6 Å². The average molecular weight is 486 g/mol. The molecule has 8 heteroatoms. The Balaban J connectivity index is 1.45. The van der Waals surface area contributed by atoms with Crippen molar-refractivity contribution < 1.29 is 9.18 Å². The van der Waals surface area contributed by atoms with E-state index in [0.29, 0.717) is 28.5 Å². The molecule has 1 amide bonds. The Kier molecular flexibility index (Phi) is 6.16. The van der Waals surface area contributed by atoms with E-state index in [9.17, 15) is 9.18 Å². The maximum atomic E-state index is 13.5. The topological polar surface area (TPSA) is 64.7 Å². The maximum Gasteiger partial charge on any atom is 0.259 e. The van der Waals surface area contributed by atoms with E-state index in [0.717, 1.165) is 22.5 Å². The van der Waals surface area contributed by atoms with Crippen molar-refractivity contribution in [1.82, 2.24) is 19.6 Å². The zero-order valence-electron chi connectivity index (χ0n) is 18.8. The van der Waals surface area contributed by atoms with Gasteiger partial charge in [0.1, 0.15) is 11.5 Å². The molecule has 0 bridgehead atoms. The van der Waals surface area contributed by atoms with E-state index in [4.69, 9.17) is 16.7 Å². The van der Waals surface area contributed by atoms with Crippen molar-refractivity contribution in [1.29, 1.82) is 0 Å². The highest BCUT2D eigenvalue weighted by molar-refractivity contribution is 6.31. The molecule has 0 radical (unpaired) electrons. The first-order chi connectivity index (χ1) is 17.0. The fourth-order valence-electron chi connectivity index (χ4n) is 3.93. The molecule has 6 nitrogen and oxygen atoms in total. The van der Waals surface area contributed by atoms with E-state index in [1.807, 2.05) is 67.6 Å². The summed E-state index contributed by atoms with van der Waals surface area (Å²) in [6.07, 6.45) is 3.27. The Morgan fingerprint density at radius 1 is 1.03 bits per heavy atom. The van der Waals surface area contributed by atoms with Crippen LogP contribution in [-0.4, -0.2) is 25.5 Å². The van der Waals surface area contributed by atoms with E-state index in [2.05, 4.69) is 10.4 Å². The van der Waals surface area contributed by atoms with Crippen LogP contribution in [0.15, 0.2) is 91.3 Å². The molecule has 0 saturated carbocycles. The van der Waals surface area contributed by atoms with Gasteiger partial charge in [-0.15, -0.1) is 0 Å². The summed E-state index contributed by atoms with van der Waals surface area (Å²) in [4.78, 5) is 13.5. The van der Waals surface area contributed by atoms with Gasteiger partial charge >= 0.3 is 0 Å². The Labute approximate surface area is 206 Å². The van der Waals surface area contributed by atoms with E-state index in [1.54, 1.807) is 27.8 Å². The average Bonchev–Trinajstić information content (AvgIpc) is 3.45. The molecule has 174 valence electrons. The molecule has 0 saturated heterocycles. The zero-order valence-corrected chi connectivity index (χ0v) is 19.6. The third kappa shape index (κ3) is 4.72. The highest BCUT2D eigenvalue weighted by Crippen LogP contribution is 2.28. The Morgan fingerprint density at radius 3 is 2.46 bits per heavy atom. The van der Waals surface area contributed by atoms with Crippen molar-refractivity contribution in [3.05, 3.63) is 119 Å². The molecule has 5 rings (SSSR count). The fourth-order valence-corrected chi connectivity index (χ4v) is 4.15. The van der Waals surface area contributed by atoms with Crippen molar-refractivity contribution >= 4 is 23.2 Å². The number of benzene rings is 3. The summed E-state index contributed by atoms with van der Waals surface area (Å²) in [5.41, 5.74) is 4.75. The molecule has 0 spiro atoms. The van der Waals surface area contributed by atoms with Gasteiger partial charge in [0.25, 0.3) is 5.91 Å². The lowest BCUT2D eigenvalue weighted by Gasteiger charge is -2.06. The number of rotatable bonds is 6. The first kappa shape index (κ1) is 22.6. The number of anilines is 1. The van der Waals surface area contributed by atoms with Crippen LogP contribution >= 0.6 is 11.6 Å². The van der Waals surface area contributed by atoms with Crippen LogP contribution in [0.5, 0.6) is 0 Å². The Hall–Kier alpha value is -4.23. The Morgan fingerprint density at radius 2 is 1.74 bits per heavy atom. The molecule has 35 heavy (non-hydrogen) atoms. The number of hydrogen-bond acceptors (Lipinski definition) is 3. The molecule has 0 atom stereocenters. The minimum atomic E-state index is -0.396. The van der Waals surface area contributed by atoms with Crippen LogP contribution in [0.2, 0.25) is 5.02 Å². The summed E-state index contributed by atoms with van der Waals surface area (Å²) in [7, 11) is 0. The third-order valence-electron chi connectivity index (χ3n) is 5.63. The fraction of sp³-hybridized carbons (Fsp3) is 0.0741. The van der Waals surface area contributed by atoms with E-state index < -0.39 is 5.82 Å². The second kappa shape index (κ2) is 9.56. The predicted molar refractivity (Wildman–Crippen MR) is 134 cm³/mol. The smallest absolute Gasteiger partial charge is 0.259 e. The second-order valence-corrected chi connectivity index (χ2v) is 8.45. The molecule has 0 aliphatic heterocycles. The lowest BCUT2D eigenvalue weighted by Crippen LogP contribution is -2.14. The molecule has 3 aromatic carbocycles. The predicted octanol–water partition coefficient (Wildman–Crippen LogP) is 6.14. The van der Waals surface area contributed by atoms with Crippen LogP contribution in [0.25, 0.3) is 16.9 Å². The molecule has 2 aromatic heterocycles. The molecular weight excluding hydrogens is 465 g/mol. The number of carbonyl (C=O) groups is 1. The van der Waals surface area contributed by atoms with Crippen LogP contribution in [0.3, 0.4) is 0 Å². The number of para-hydroxylation sites is 1. The molecule has 2 heterocycles. The van der Waals surface area contributed by atoms with Crippen molar-refractivity contribution in [3.8, 4) is 16.9 Å². The number of aromatic nitrogens is 4. The third-order valence-corrected chi connectivity index (χ3v) is 5.98. The van der Waals surface area contributed by atoms with Crippen LogP contribution in [0, 0.1) is 12.7 Å². The largest absolute Gasteiger partial charge is 0.319 e. The summed E-state index contributed by atoms with van der Waals surface area (Å²) in [6.45, 7) is 2.22. The van der Waals surface area contributed by atoms with E-state index in [1.165, 1.54) is 12.1 Å². The number of nitrogens with zero attached hydrogens (tertiary/aromatic N) is 4. The first-order valence-corrected chi connectivity index (χ1v) is 11.4. The highest BCUT2D eigenvalue weighted by Gasteiger charge is 2.23. The van der Waals surface area contributed by atoms with Crippen molar-refractivity contribution in [3.63, 3.8) is 0 Å². The van der Waals surface area contributed by atoms with Crippen LogP contribution in [-0.2, 0) is 6.54 Å². The monoisotopic (exact) mass is 485 g/mol. The molecule has 0 aliphatic rings. The van der Waals surface area contributed by atoms with Crippen LogP contribution in [0.4, 0.5) is 10.1 Å². The molecule has 0 fully saturated rings. The van der Waals surface area contributed by atoms with Gasteiger partial charge in [0.05, 0.1) is 35.4 Å². The summed E-state index contributed by atoms with van der Waals surface area (Å²) in [6, 6.07) is 23.5. The van der Waals surface area contributed by atoms with Crippen molar-refractivity contribution in [2.75, 3.05) is 5.32 Å². The van der Waals surface area contributed by atoms with Gasteiger partial charge in [-0.25, -0.2) is 9.07 Å². The number of amides is 1. The first-order valence-electron chi connectivity index (χ1n) is 11.0. The van der Waals surface area contributed by atoms with Gasteiger partial charge in [-0.2, -0.15) is 10.2 Å². The molecule has 1 N–H and O–H groups in total. The van der Waals surface area contributed by atoms with Gasteiger partial charge in [-0.05, 0) is 36.8 Å². The number of nitrogens with one attached hydrogen (secondary N) is 1. The van der Waals surface area contributed by atoms with Gasteiger partial charge in [0.2, 0.25) is 0 Å². The number of halogens is 2. The van der Waals surface area contributed by atoms with Gasteiger partial charge in [-0.3, -0.25) is 9.48 Å². The Bertz CT molecular complexity index is 1500. The van der Waals surface area contributed by atoms with Crippen molar-refractivity contribution in [2.45, 2.75) is 13.5 Å². The van der Waals surface area contributed by atoms with Gasteiger partial charge in [0.15, 0.2) is 0 Å². The van der Waals surface area contributed by atoms with Gasteiger partial charge in [-0.1, -0.05) is 66.2 Å². The van der Waals surface area contributed by atoms with Crippen molar-refractivity contribution in [2.24, 2.45) is 0 Å². The summed E-state index contributed by atoms with van der Waals surface area (Å²) < 4.78 is 16.7. The molecule has 0 unspecified atom stereocenters. The molecule has 5 aromatic rings. The SMILES string of the molecule is Cc1c(C(=O)Nc2cnn(Cc3ccc(F)cc3Cl)c2)c(-c2ccccc2)nn1-c1ccccc1. The summed E-state index contributed by atoms with van der Waals surface area (Å²) in [5, 5.41) is 12.3. The minimum Gasteiger partial charge on any atom is -0.319 e. The number of hydrogen-bond donors (Lipinski definition) is 1. The van der Waals surface area contributed by atoms with Gasteiger partial charge in [0, 0.05) is 16.8 Å². The molecular formula is C27H21ClFN5O. The van der Waals surface area contributed by atoms with E-state index >= 15 is 0 Å². The van der Waals surface area contributed by atoms with Gasteiger partial charge < -0.3 is 5.32 Å². The minimum absolute atomic E-state index is 0.289. The molecule has 0 aliphatic carbocycles. The maximum absolute atomic E-state index is 13.5. The summed E-state index contributed by atoms with van der Waals surface area (Å²) >= 11 is 6.14. The van der Waals surface area contributed by atoms with E-state index in [-0.39, 0.29) is 5.91 Å². The number of carbonyl (C=O) groups excluding carboxylic acids is 1.